The first-order valence-corrected chi connectivity index (χ1v) is 8.93. The number of aliphatic hydroxyl groups excluding tert-OH is 1. The second-order valence-corrected chi connectivity index (χ2v) is 7.05. The summed E-state index contributed by atoms with van der Waals surface area (Å²) >= 11 is 0. The predicted octanol–water partition coefficient (Wildman–Crippen LogP) is 3.20. The molecule has 2 unspecified atom stereocenters. The summed E-state index contributed by atoms with van der Waals surface area (Å²) in [4.78, 5) is 16.6. The lowest BCUT2D eigenvalue weighted by atomic mass is 9.76. The monoisotopic (exact) mass is 317 g/mol. The summed E-state index contributed by atoms with van der Waals surface area (Å²) in [5.74, 6) is 0.515. The Morgan fingerprint density at radius 1 is 1.39 bits per heavy atom. The van der Waals surface area contributed by atoms with Crippen molar-refractivity contribution in [3.63, 3.8) is 0 Å². The van der Waals surface area contributed by atoms with Gasteiger partial charge in [-0.25, -0.2) is 0 Å². The maximum absolute atomic E-state index is 12.1. The second kappa shape index (κ2) is 7.10. The van der Waals surface area contributed by atoms with Gasteiger partial charge >= 0.3 is 0 Å². The van der Waals surface area contributed by atoms with Crippen molar-refractivity contribution < 1.29 is 14.6 Å². The fourth-order valence-electron chi connectivity index (χ4n) is 4.22. The van der Waals surface area contributed by atoms with Crippen LogP contribution < -0.4 is 0 Å². The summed E-state index contributed by atoms with van der Waals surface area (Å²) in [7, 11) is 0. The zero-order valence-electron chi connectivity index (χ0n) is 14.0. The standard InChI is InChI=1S/C19H27NO3/c1-2-14-8-10-20-16(11-14)7-9-19(15-5-3-4-6-15)13-17(21)12-18(22)23-19/h8,10-11,15,18,22H,2-7,9,12-13H2,1H3. The molecule has 1 aromatic heterocycles. The minimum absolute atomic E-state index is 0.130. The molecule has 3 rings (SSSR count). The predicted molar refractivity (Wildman–Crippen MR) is 88.0 cm³/mol. The van der Waals surface area contributed by atoms with Crippen LogP contribution in [-0.2, 0) is 22.4 Å². The number of nitrogens with zero attached hydrogens (tertiary/aromatic N) is 1. The van der Waals surface area contributed by atoms with Gasteiger partial charge in [0.25, 0.3) is 0 Å². The van der Waals surface area contributed by atoms with E-state index < -0.39 is 11.9 Å². The fraction of sp³-hybridized carbons (Fsp3) is 0.684. The summed E-state index contributed by atoms with van der Waals surface area (Å²) in [6, 6.07) is 4.18. The Labute approximate surface area is 138 Å². The summed E-state index contributed by atoms with van der Waals surface area (Å²) < 4.78 is 6.01. The Kier molecular flexibility index (Phi) is 5.12. The van der Waals surface area contributed by atoms with E-state index in [-0.39, 0.29) is 12.2 Å². The maximum Gasteiger partial charge on any atom is 0.162 e. The quantitative estimate of drug-likeness (QED) is 0.906. The third-order valence-electron chi connectivity index (χ3n) is 5.46. The number of Topliss-reactive ketones (excluding diaryl/α,β-unsaturated/α-hetero) is 1. The van der Waals surface area contributed by atoms with Crippen LogP contribution in [0.15, 0.2) is 18.3 Å². The highest BCUT2D eigenvalue weighted by Crippen LogP contribution is 2.44. The number of pyridine rings is 1. The number of rotatable bonds is 5. The first-order chi connectivity index (χ1) is 11.1. The highest BCUT2D eigenvalue weighted by atomic mass is 16.6. The second-order valence-electron chi connectivity index (χ2n) is 7.05. The van der Waals surface area contributed by atoms with Crippen LogP contribution in [0.2, 0.25) is 0 Å². The number of aryl methyl sites for hydroxylation is 2. The van der Waals surface area contributed by atoms with Crippen LogP contribution in [0.3, 0.4) is 0 Å². The van der Waals surface area contributed by atoms with Gasteiger partial charge in [0, 0.05) is 18.3 Å². The molecule has 4 nitrogen and oxygen atoms in total. The molecule has 1 aliphatic carbocycles. The lowest BCUT2D eigenvalue weighted by molar-refractivity contribution is -0.228. The van der Waals surface area contributed by atoms with Gasteiger partial charge in [-0.1, -0.05) is 19.8 Å². The van der Waals surface area contributed by atoms with E-state index in [0.717, 1.165) is 37.8 Å². The molecule has 1 aliphatic heterocycles. The van der Waals surface area contributed by atoms with Crippen LogP contribution >= 0.6 is 0 Å². The molecule has 0 amide bonds. The molecule has 1 aromatic rings. The molecule has 1 N–H and O–H groups in total. The topological polar surface area (TPSA) is 59.4 Å². The minimum Gasteiger partial charge on any atom is -0.368 e. The van der Waals surface area contributed by atoms with Crippen molar-refractivity contribution in [3.05, 3.63) is 29.6 Å². The maximum atomic E-state index is 12.1. The van der Waals surface area contributed by atoms with Crippen LogP contribution in [0.4, 0.5) is 0 Å². The normalized spacial score (nSPS) is 29.1. The molecule has 0 radical (unpaired) electrons. The molecule has 2 atom stereocenters. The molecule has 2 aliphatic rings. The van der Waals surface area contributed by atoms with Gasteiger partial charge in [-0.15, -0.1) is 0 Å². The van der Waals surface area contributed by atoms with Crippen molar-refractivity contribution >= 4 is 5.78 Å². The lowest BCUT2D eigenvalue weighted by Crippen LogP contribution is -2.49. The zero-order chi connectivity index (χ0) is 16.3. The molecular formula is C19H27NO3. The molecule has 0 bridgehead atoms. The largest absolute Gasteiger partial charge is 0.368 e. The summed E-state index contributed by atoms with van der Waals surface area (Å²) in [5, 5.41) is 10.00. The van der Waals surface area contributed by atoms with Crippen LogP contribution in [0.25, 0.3) is 0 Å². The Morgan fingerprint density at radius 3 is 2.87 bits per heavy atom. The van der Waals surface area contributed by atoms with E-state index in [9.17, 15) is 9.90 Å². The van der Waals surface area contributed by atoms with Crippen molar-refractivity contribution in [1.29, 1.82) is 0 Å². The molecular weight excluding hydrogens is 290 g/mol. The van der Waals surface area contributed by atoms with Gasteiger partial charge in [-0.05, 0) is 55.7 Å². The van der Waals surface area contributed by atoms with Gasteiger partial charge in [0.05, 0.1) is 12.0 Å². The smallest absolute Gasteiger partial charge is 0.162 e. The molecule has 0 spiro atoms. The highest BCUT2D eigenvalue weighted by Gasteiger charge is 2.46. The first kappa shape index (κ1) is 16.6. The molecule has 23 heavy (non-hydrogen) atoms. The van der Waals surface area contributed by atoms with E-state index in [1.165, 1.54) is 18.4 Å². The molecule has 1 saturated carbocycles. The minimum atomic E-state index is -0.938. The number of aliphatic hydroxyl groups is 1. The highest BCUT2D eigenvalue weighted by molar-refractivity contribution is 5.80. The van der Waals surface area contributed by atoms with E-state index in [2.05, 4.69) is 18.0 Å². The number of carbonyl (C=O) groups excluding carboxylic acids is 1. The van der Waals surface area contributed by atoms with Gasteiger partial charge in [-0.3, -0.25) is 9.78 Å². The Morgan fingerprint density at radius 2 is 2.17 bits per heavy atom. The first-order valence-electron chi connectivity index (χ1n) is 8.93. The van der Waals surface area contributed by atoms with E-state index in [1.807, 2.05) is 12.3 Å². The summed E-state index contributed by atoms with van der Waals surface area (Å²) in [6.07, 6.45) is 8.66. The molecule has 2 fully saturated rings. The average molecular weight is 317 g/mol. The van der Waals surface area contributed by atoms with Gasteiger partial charge in [-0.2, -0.15) is 0 Å². The number of hydrogen-bond acceptors (Lipinski definition) is 4. The Bertz CT molecular complexity index is 553. The molecule has 126 valence electrons. The number of ether oxygens (including phenoxy) is 1. The van der Waals surface area contributed by atoms with E-state index in [1.54, 1.807) is 0 Å². The van der Waals surface area contributed by atoms with Gasteiger partial charge in [0.1, 0.15) is 5.78 Å². The number of hydrogen-bond donors (Lipinski definition) is 1. The van der Waals surface area contributed by atoms with Crippen molar-refractivity contribution in [3.8, 4) is 0 Å². The summed E-state index contributed by atoms with van der Waals surface area (Å²) in [5.41, 5.74) is 1.85. The molecule has 2 heterocycles. The molecule has 0 aromatic carbocycles. The average Bonchev–Trinajstić information content (AvgIpc) is 3.07. The van der Waals surface area contributed by atoms with Crippen molar-refractivity contribution in [2.45, 2.75) is 76.6 Å². The third kappa shape index (κ3) is 3.81. The Balaban J connectivity index is 1.76. The lowest BCUT2D eigenvalue weighted by Gasteiger charge is -2.43. The SMILES string of the molecule is CCc1ccnc(CCC2(C3CCCC3)CC(=O)CC(O)O2)c1. The van der Waals surface area contributed by atoms with Gasteiger partial charge < -0.3 is 9.84 Å². The van der Waals surface area contributed by atoms with Crippen molar-refractivity contribution in [1.82, 2.24) is 4.98 Å². The van der Waals surface area contributed by atoms with Crippen LogP contribution in [0.5, 0.6) is 0 Å². The molecule has 1 saturated heterocycles. The van der Waals surface area contributed by atoms with Gasteiger partial charge in [0.2, 0.25) is 0 Å². The van der Waals surface area contributed by atoms with Crippen LogP contribution in [0.1, 0.15) is 63.1 Å². The fourth-order valence-corrected chi connectivity index (χ4v) is 4.22. The Hall–Kier alpha value is -1.26. The number of aromatic nitrogens is 1. The van der Waals surface area contributed by atoms with Crippen LogP contribution in [0, 0.1) is 5.92 Å². The zero-order valence-corrected chi connectivity index (χ0v) is 14.0. The van der Waals surface area contributed by atoms with Crippen molar-refractivity contribution in [2.24, 2.45) is 5.92 Å². The van der Waals surface area contributed by atoms with Crippen molar-refractivity contribution in [2.75, 3.05) is 0 Å². The molecule has 4 heteroatoms. The summed E-state index contributed by atoms with van der Waals surface area (Å²) in [6.45, 7) is 2.14. The van der Waals surface area contributed by atoms with E-state index in [4.69, 9.17) is 4.74 Å². The third-order valence-corrected chi connectivity index (χ3v) is 5.46. The van der Waals surface area contributed by atoms with E-state index >= 15 is 0 Å². The number of ketones is 1. The van der Waals surface area contributed by atoms with Crippen LogP contribution in [-0.4, -0.2) is 27.8 Å². The van der Waals surface area contributed by atoms with E-state index in [0.29, 0.717) is 12.3 Å². The van der Waals surface area contributed by atoms with Gasteiger partial charge in [0.15, 0.2) is 6.29 Å². The number of carbonyl (C=O) groups is 1.